The number of aryl methyl sites for hydroxylation is 1. The molecule has 1 atom stereocenters. The molecule has 18 heavy (non-hydrogen) atoms. The third-order valence-corrected chi connectivity index (χ3v) is 3.02. The van der Waals surface area contributed by atoms with Crippen LogP contribution in [-0.2, 0) is 4.74 Å². The van der Waals surface area contributed by atoms with Crippen LogP contribution in [0.25, 0.3) is 11.1 Å². The van der Waals surface area contributed by atoms with Crippen molar-refractivity contribution < 1.29 is 13.9 Å². The van der Waals surface area contributed by atoms with Crippen LogP contribution in [-0.4, -0.2) is 36.6 Å². The van der Waals surface area contributed by atoms with Gasteiger partial charge in [0.1, 0.15) is 5.52 Å². The first-order valence-electron chi connectivity index (χ1n) is 5.96. The van der Waals surface area contributed by atoms with E-state index in [1.165, 1.54) is 0 Å². The number of oxazole rings is 1. The average molecular weight is 246 g/mol. The van der Waals surface area contributed by atoms with Gasteiger partial charge in [-0.25, -0.2) is 4.98 Å². The maximum atomic E-state index is 12.2. The zero-order chi connectivity index (χ0) is 12.5. The van der Waals surface area contributed by atoms with E-state index in [4.69, 9.17) is 9.15 Å². The quantitative estimate of drug-likeness (QED) is 0.809. The molecule has 1 aliphatic heterocycles. The first kappa shape index (κ1) is 11.4. The van der Waals surface area contributed by atoms with Crippen molar-refractivity contribution in [1.29, 1.82) is 0 Å². The summed E-state index contributed by atoms with van der Waals surface area (Å²) in [6.45, 7) is 3.58. The predicted octanol–water partition coefficient (Wildman–Crippen LogP) is 1.31. The van der Waals surface area contributed by atoms with Crippen LogP contribution in [0.2, 0.25) is 0 Å². The van der Waals surface area contributed by atoms with Gasteiger partial charge < -0.3 is 14.5 Å². The smallest absolute Gasteiger partial charge is 0.192 e. The van der Waals surface area contributed by atoms with E-state index >= 15 is 0 Å². The highest BCUT2D eigenvalue weighted by Crippen LogP contribution is 2.18. The minimum Gasteiger partial charge on any atom is -0.441 e. The number of ketones is 1. The van der Waals surface area contributed by atoms with Crippen molar-refractivity contribution in [3.8, 4) is 0 Å². The Balaban J connectivity index is 1.90. The second kappa shape index (κ2) is 4.51. The third-order valence-electron chi connectivity index (χ3n) is 3.02. The molecule has 2 heterocycles. The van der Waals surface area contributed by atoms with Gasteiger partial charge in [-0.3, -0.25) is 4.79 Å². The Hall–Kier alpha value is -1.72. The fourth-order valence-corrected chi connectivity index (χ4v) is 2.13. The molecule has 0 saturated carbocycles. The van der Waals surface area contributed by atoms with Gasteiger partial charge in [-0.1, -0.05) is 0 Å². The van der Waals surface area contributed by atoms with Crippen molar-refractivity contribution in [2.24, 2.45) is 0 Å². The van der Waals surface area contributed by atoms with Gasteiger partial charge in [0.15, 0.2) is 17.3 Å². The monoisotopic (exact) mass is 246 g/mol. The summed E-state index contributed by atoms with van der Waals surface area (Å²) in [4.78, 5) is 16.5. The van der Waals surface area contributed by atoms with E-state index < -0.39 is 0 Å². The maximum Gasteiger partial charge on any atom is 0.192 e. The summed E-state index contributed by atoms with van der Waals surface area (Å²) < 4.78 is 10.7. The van der Waals surface area contributed by atoms with Gasteiger partial charge in [0.25, 0.3) is 0 Å². The molecule has 1 N–H and O–H groups in total. The normalized spacial score (nSPS) is 20.2. The molecule has 1 aromatic carbocycles. The topological polar surface area (TPSA) is 64.4 Å². The van der Waals surface area contributed by atoms with Gasteiger partial charge in [0, 0.05) is 19.0 Å². The molecular weight excluding hydrogens is 232 g/mol. The summed E-state index contributed by atoms with van der Waals surface area (Å²) in [5.74, 6) is 0.638. The summed E-state index contributed by atoms with van der Waals surface area (Å²) in [6, 6.07) is 5.07. The van der Waals surface area contributed by atoms with E-state index in [-0.39, 0.29) is 11.8 Å². The summed E-state index contributed by atoms with van der Waals surface area (Å²) in [7, 11) is 0. The standard InChI is InChI=1S/C13H14N2O3/c1-8-15-10-3-2-9(6-12(10)18-8)13(16)11-7-17-5-4-14-11/h2-3,6,11,14H,4-5,7H2,1H3. The lowest BCUT2D eigenvalue weighted by molar-refractivity contribution is 0.0607. The largest absolute Gasteiger partial charge is 0.441 e. The number of morpholine rings is 1. The number of ether oxygens (including phenoxy) is 1. The number of aromatic nitrogens is 1. The summed E-state index contributed by atoms with van der Waals surface area (Å²) in [5.41, 5.74) is 2.05. The van der Waals surface area contributed by atoms with Crippen molar-refractivity contribution >= 4 is 16.9 Å². The van der Waals surface area contributed by atoms with Crippen LogP contribution in [0.3, 0.4) is 0 Å². The molecule has 0 aliphatic carbocycles. The van der Waals surface area contributed by atoms with Crippen molar-refractivity contribution in [2.45, 2.75) is 13.0 Å². The molecule has 1 fully saturated rings. The van der Waals surface area contributed by atoms with Crippen molar-refractivity contribution in [3.05, 3.63) is 29.7 Å². The van der Waals surface area contributed by atoms with Gasteiger partial charge in [-0.2, -0.15) is 0 Å². The van der Waals surface area contributed by atoms with Crippen molar-refractivity contribution in [3.63, 3.8) is 0 Å². The molecule has 0 bridgehead atoms. The van der Waals surface area contributed by atoms with Crippen LogP contribution in [0.1, 0.15) is 16.2 Å². The number of hydrogen-bond acceptors (Lipinski definition) is 5. The number of nitrogens with zero attached hydrogens (tertiary/aromatic N) is 1. The van der Waals surface area contributed by atoms with Gasteiger partial charge in [0.2, 0.25) is 0 Å². The summed E-state index contributed by atoms with van der Waals surface area (Å²) in [5, 5.41) is 3.15. The van der Waals surface area contributed by atoms with Crippen LogP contribution in [0.5, 0.6) is 0 Å². The minimum atomic E-state index is -0.264. The molecule has 5 heteroatoms. The molecule has 0 spiro atoms. The molecule has 0 radical (unpaired) electrons. The number of Topliss-reactive ketones (excluding diaryl/α,β-unsaturated/α-hetero) is 1. The second-order valence-electron chi connectivity index (χ2n) is 4.36. The number of carbonyl (C=O) groups is 1. The van der Waals surface area contributed by atoms with E-state index in [1.807, 2.05) is 6.07 Å². The molecule has 2 aromatic rings. The highest BCUT2D eigenvalue weighted by atomic mass is 16.5. The van der Waals surface area contributed by atoms with Crippen LogP contribution >= 0.6 is 0 Å². The zero-order valence-corrected chi connectivity index (χ0v) is 10.1. The lowest BCUT2D eigenvalue weighted by atomic mass is 10.0. The van der Waals surface area contributed by atoms with Crippen LogP contribution < -0.4 is 5.32 Å². The molecule has 1 saturated heterocycles. The fourth-order valence-electron chi connectivity index (χ4n) is 2.13. The molecule has 94 valence electrons. The number of carbonyl (C=O) groups excluding carboxylic acids is 1. The van der Waals surface area contributed by atoms with E-state index in [1.54, 1.807) is 19.1 Å². The molecule has 3 rings (SSSR count). The highest BCUT2D eigenvalue weighted by Gasteiger charge is 2.23. The van der Waals surface area contributed by atoms with Crippen molar-refractivity contribution in [2.75, 3.05) is 19.8 Å². The lowest BCUT2D eigenvalue weighted by Gasteiger charge is -2.22. The Morgan fingerprint density at radius 2 is 2.39 bits per heavy atom. The Labute approximate surface area is 104 Å². The second-order valence-corrected chi connectivity index (χ2v) is 4.36. The first-order valence-corrected chi connectivity index (χ1v) is 5.96. The van der Waals surface area contributed by atoms with Crippen molar-refractivity contribution in [1.82, 2.24) is 10.3 Å². The molecule has 0 amide bonds. The van der Waals surface area contributed by atoms with E-state index in [2.05, 4.69) is 10.3 Å². The Morgan fingerprint density at radius 1 is 1.50 bits per heavy atom. The summed E-state index contributed by atoms with van der Waals surface area (Å²) >= 11 is 0. The molecule has 5 nitrogen and oxygen atoms in total. The average Bonchev–Trinajstić information content (AvgIpc) is 2.78. The Kier molecular flexibility index (Phi) is 2.85. The zero-order valence-electron chi connectivity index (χ0n) is 10.1. The van der Waals surface area contributed by atoms with E-state index in [0.717, 1.165) is 5.52 Å². The molecular formula is C13H14N2O3. The van der Waals surface area contributed by atoms with Crippen LogP contribution in [0.15, 0.2) is 22.6 Å². The molecule has 1 aliphatic rings. The van der Waals surface area contributed by atoms with Crippen LogP contribution in [0, 0.1) is 6.92 Å². The Morgan fingerprint density at radius 3 is 3.17 bits per heavy atom. The van der Waals surface area contributed by atoms with E-state index in [9.17, 15) is 4.79 Å². The van der Waals surface area contributed by atoms with Gasteiger partial charge >= 0.3 is 0 Å². The predicted molar refractivity (Wildman–Crippen MR) is 65.7 cm³/mol. The highest BCUT2D eigenvalue weighted by molar-refractivity contribution is 6.02. The lowest BCUT2D eigenvalue weighted by Crippen LogP contribution is -2.46. The number of fused-ring (bicyclic) bond motifs is 1. The fraction of sp³-hybridized carbons (Fsp3) is 0.385. The Bertz CT molecular complexity index is 585. The maximum absolute atomic E-state index is 12.2. The number of nitrogens with one attached hydrogen (secondary N) is 1. The minimum absolute atomic E-state index is 0.0330. The van der Waals surface area contributed by atoms with Gasteiger partial charge in [-0.05, 0) is 18.2 Å². The first-order chi connectivity index (χ1) is 8.74. The molecule has 1 aromatic heterocycles. The number of hydrogen-bond donors (Lipinski definition) is 1. The number of benzene rings is 1. The van der Waals surface area contributed by atoms with Gasteiger partial charge in [-0.15, -0.1) is 0 Å². The third kappa shape index (κ3) is 2.02. The SMILES string of the molecule is Cc1nc2ccc(C(=O)C3COCCN3)cc2o1. The molecule has 1 unspecified atom stereocenters. The number of rotatable bonds is 2. The van der Waals surface area contributed by atoms with Gasteiger partial charge in [0.05, 0.1) is 19.3 Å². The summed E-state index contributed by atoms with van der Waals surface area (Å²) in [6.07, 6.45) is 0. The van der Waals surface area contributed by atoms with Crippen LogP contribution in [0.4, 0.5) is 0 Å². The van der Waals surface area contributed by atoms with E-state index in [0.29, 0.717) is 36.8 Å².